The first-order valence-electron chi connectivity index (χ1n) is 13.2. The molecular weight excluding hydrogens is 619 g/mol. The Hall–Kier alpha value is -0.256. The number of unbranched alkanes of at least 4 members (excludes halogenated alkanes) is 2. The molecule has 0 spiro atoms. The van der Waals surface area contributed by atoms with E-state index in [1.807, 2.05) is 0 Å². The molecule has 35 heavy (non-hydrogen) atoms. The van der Waals surface area contributed by atoms with Crippen LogP contribution in [0.25, 0.3) is 0 Å². The van der Waals surface area contributed by atoms with Gasteiger partial charge in [-0.05, 0) is 24.9 Å². The van der Waals surface area contributed by atoms with E-state index in [0.717, 1.165) is 38.5 Å². The van der Waals surface area contributed by atoms with Crippen LogP contribution >= 0.6 is 0 Å². The molecule has 0 aromatic heterocycles. The fourth-order valence-corrected chi connectivity index (χ4v) is 6.56. The molecule has 0 heterocycles. The van der Waals surface area contributed by atoms with Crippen molar-refractivity contribution >= 4 is 16.1 Å². The van der Waals surface area contributed by atoms with Crippen LogP contribution in [0, 0.1) is 26.0 Å². The van der Waals surface area contributed by atoms with Crippen molar-refractivity contribution in [3.8, 4) is 0 Å². The zero-order valence-corrected chi connectivity index (χ0v) is 30.3. The summed E-state index contributed by atoms with van der Waals surface area (Å²) in [6, 6.07) is 2.48. The van der Waals surface area contributed by atoms with Gasteiger partial charge in [-0.2, -0.15) is 25.0 Å². The molecule has 2 rings (SSSR count). The van der Waals surface area contributed by atoms with Gasteiger partial charge in [0.2, 0.25) is 0 Å². The Balaban J connectivity index is -0.000000440. The van der Waals surface area contributed by atoms with Gasteiger partial charge in [0.15, 0.2) is 0 Å². The van der Waals surface area contributed by atoms with Gasteiger partial charge >= 0.3 is 25.8 Å². The maximum Gasteiger partial charge on any atom is 4.00 e. The Bertz CT molecular complexity index is 615. The molecule has 3 heteroatoms. The van der Waals surface area contributed by atoms with Gasteiger partial charge < -0.3 is 13.8 Å². The molecule has 0 nitrogen and oxygen atoms in total. The zero-order valence-electron chi connectivity index (χ0n) is 24.7. The van der Waals surface area contributed by atoms with Crippen molar-refractivity contribution in [2.75, 3.05) is 0 Å². The summed E-state index contributed by atoms with van der Waals surface area (Å²) in [5, 5.41) is 0. The van der Waals surface area contributed by atoms with Crippen LogP contribution in [0.5, 0.6) is 0 Å². The molecule has 0 unspecified atom stereocenters. The minimum atomic E-state index is -0.957. The molecule has 196 valence electrons. The molecule has 0 radical (unpaired) electrons. The van der Waals surface area contributed by atoms with Crippen molar-refractivity contribution in [1.82, 2.24) is 0 Å². The first-order chi connectivity index (χ1) is 15.8. The molecule has 0 aromatic rings. The molecule has 2 aliphatic rings. The SMILES string of the molecule is C=C(CC1=[C-]CC=C1)C[Si](C)(C)C.C=C(CC1=[C-]CC=C1)C[Si](C)(C)C.[CH2-]CCC.[CH2-]CCC.[Hf+4]. The van der Waals surface area contributed by atoms with E-state index < -0.39 is 16.1 Å². The number of rotatable bonds is 10. The molecule has 0 aromatic carbocycles. The van der Waals surface area contributed by atoms with Gasteiger partial charge in [0.05, 0.1) is 0 Å². The van der Waals surface area contributed by atoms with Crippen molar-refractivity contribution in [2.24, 2.45) is 0 Å². The van der Waals surface area contributed by atoms with Crippen molar-refractivity contribution < 1.29 is 25.8 Å². The van der Waals surface area contributed by atoms with Crippen LogP contribution in [0.3, 0.4) is 0 Å². The summed E-state index contributed by atoms with van der Waals surface area (Å²) >= 11 is 0. The first kappa shape index (κ1) is 39.3. The molecule has 0 N–H and O–H groups in total. The molecule has 0 saturated carbocycles. The van der Waals surface area contributed by atoms with Gasteiger partial charge in [-0.3, -0.25) is 12.2 Å². The van der Waals surface area contributed by atoms with E-state index in [1.54, 1.807) is 0 Å². The van der Waals surface area contributed by atoms with Crippen LogP contribution in [0.4, 0.5) is 0 Å². The Morgan fingerprint density at radius 1 is 0.743 bits per heavy atom. The average Bonchev–Trinajstić information content (AvgIpc) is 3.40. The Morgan fingerprint density at radius 2 is 1.03 bits per heavy atom. The van der Waals surface area contributed by atoms with E-state index >= 15 is 0 Å². The predicted octanol–water partition coefficient (Wildman–Crippen LogP) is 11.2. The van der Waals surface area contributed by atoms with Gasteiger partial charge in [-0.25, -0.2) is 23.3 Å². The second-order valence-electron chi connectivity index (χ2n) is 11.7. The Morgan fingerprint density at radius 3 is 1.20 bits per heavy atom. The second-order valence-corrected chi connectivity index (χ2v) is 22.6. The summed E-state index contributed by atoms with van der Waals surface area (Å²) in [5.41, 5.74) is 5.44. The van der Waals surface area contributed by atoms with Crippen molar-refractivity contribution in [3.63, 3.8) is 0 Å². The smallest absolute Gasteiger partial charge is 0.343 e. The summed E-state index contributed by atoms with van der Waals surface area (Å²) in [4.78, 5) is 0. The molecule has 2 aliphatic carbocycles. The normalized spacial score (nSPS) is 13.7. The molecule has 0 fully saturated rings. The molecule has 0 atom stereocenters. The third-order valence-corrected chi connectivity index (χ3v) is 7.80. The van der Waals surface area contributed by atoms with Crippen LogP contribution in [0.15, 0.2) is 59.8 Å². The van der Waals surface area contributed by atoms with E-state index in [2.05, 4.69) is 117 Å². The summed E-state index contributed by atoms with van der Waals surface area (Å²) < 4.78 is 0. The van der Waals surface area contributed by atoms with Crippen LogP contribution in [0.2, 0.25) is 51.4 Å². The van der Waals surface area contributed by atoms with E-state index in [1.165, 1.54) is 47.2 Å². The minimum absolute atomic E-state index is 0. The Kier molecular flexibility index (Phi) is 25.7. The molecule has 0 aliphatic heterocycles. The summed E-state index contributed by atoms with van der Waals surface area (Å²) in [6.07, 6.45) is 24.0. The third-order valence-electron chi connectivity index (χ3n) is 4.68. The largest absolute Gasteiger partial charge is 4.00 e. The van der Waals surface area contributed by atoms with Gasteiger partial charge in [0, 0.05) is 16.1 Å². The number of hydrogen-bond donors (Lipinski definition) is 0. The third kappa shape index (κ3) is 29.9. The quantitative estimate of drug-likeness (QED) is 0.123. The van der Waals surface area contributed by atoms with Gasteiger partial charge in [0.25, 0.3) is 0 Å². The Labute approximate surface area is 243 Å². The fourth-order valence-electron chi connectivity index (χ4n) is 3.31. The molecule has 0 saturated heterocycles. The first-order valence-corrected chi connectivity index (χ1v) is 20.6. The van der Waals surface area contributed by atoms with Crippen LogP contribution in [0.1, 0.15) is 65.2 Å². The monoisotopic (exact) mass is 676 g/mol. The molecule has 0 bridgehead atoms. The van der Waals surface area contributed by atoms with Crippen LogP contribution in [-0.4, -0.2) is 16.1 Å². The molecule has 0 amide bonds. The number of allylic oxidation sites excluding steroid dienone is 10. The summed E-state index contributed by atoms with van der Waals surface area (Å²) in [7, 11) is -1.91. The fraction of sp³-hybridized carbons (Fsp3) is 0.562. The second kappa shape index (κ2) is 22.9. The minimum Gasteiger partial charge on any atom is -0.343 e. The summed E-state index contributed by atoms with van der Waals surface area (Å²) in [6.45, 7) is 34.1. The van der Waals surface area contributed by atoms with E-state index in [0.29, 0.717) is 0 Å². The van der Waals surface area contributed by atoms with E-state index in [9.17, 15) is 0 Å². The van der Waals surface area contributed by atoms with Gasteiger partial charge in [0.1, 0.15) is 0 Å². The van der Waals surface area contributed by atoms with Gasteiger partial charge in [-0.15, -0.1) is 12.8 Å². The van der Waals surface area contributed by atoms with E-state index in [4.69, 9.17) is 0 Å². The standard InChI is InChI=1S/2C12H19Si.2C4H9.Hf/c2*1-11(10-13(2,3)4)9-12-7-5-6-8-12;2*1-3-4-2;/h2*5,7H,1,6,9-10H2,2-4H3;2*1,3-4H2,2H3;/q4*-1;+4. The zero-order chi connectivity index (χ0) is 26.6. The van der Waals surface area contributed by atoms with Crippen molar-refractivity contribution in [1.29, 1.82) is 0 Å². The number of hydrogen-bond acceptors (Lipinski definition) is 0. The summed E-state index contributed by atoms with van der Waals surface area (Å²) in [5.74, 6) is 0. The van der Waals surface area contributed by atoms with Crippen molar-refractivity contribution in [2.45, 2.75) is 117 Å². The maximum atomic E-state index is 4.14. The van der Waals surface area contributed by atoms with E-state index in [-0.39, 0.29) is 25.8 Å². The van der Waals surface area contributed by atoms with Gasteiger partial charge in [-0.1, -0.05) is 90.3 Å². The molecular formula is C32H56HfSi2. The predicted molar refractivity (Wildman–Crippen MR) is 165 cm³/mol. The van der Waals surface area contributed by atoms with Crippen LogP contribution < -0.4 is 0 Å². The van der Waals surface area contributed by atoms with Crippen molar-refractivity contribution in [3.05, 3.63) is 85.8 Å². The van der Waals surface area contributed by atoms with Crippen LogP contribution in [-0.2, 0) is 25.8 Å². The topological polar surface area (TPSA) is 0 Å². The average molecular weight is 675 g/mol. The maximum absolute atomic E-state index is 4.14.